The van der Waals surface area contributed by atoms with Crippen molar-refractivity contribution in [3.63, 3.8) is 0 Å². The Balaban J connectivity index is 1.99. The van der Waals surface area contributed by atoms with Crippen LogP contribution in [0.15, 0.2) is 41.2 Å². The highest BCUT2D eigenvalue weighted by Gasteiger charge is 2.35. The summed E-state index contributed by atoms with van der Waals surface area (Å²) in [6.45, 7) is -0.856. The van der Waals surface area contributed by atoms with Crippen LogP contribution < -0.4 is 15.8 Å². The maximum atomic E-state index is 14.7. The molecule has 1 aromatic heterocycles. The molecule has 12 heteroatoms. The molecule has 1 aliphatic heterocycles. The first kappa shape index (κ1) is 23.1. The molecule has 0 saturated carbocycles. The first-order valence-electron chi connectivity index (χ1n) is 9.89. The molecule has 0 bridgehead atoms. The number of hydrogen-bond donors (Lipinski definition) is 3. The fourth-order valence-electron chi connectivity index (χ4n) is 4.14. The van der Waals surface area contributed by atoms with Crippen molar-refractivity contribution in [1.82, 2.24) is 9.88 Å². The van der Waals surface area contributed by atoms with Crippen LogP contribution >= 0.6 is 0 Å². The lowest BCUT2D eigenvalue weighted by atomic mass is 9.98. The molecule has 2 heterocycles. The number of amides is 1. The molecule has 1 aliphatic rings. The van der Waals surface area contributed by atoms with Crippen molar-refractivity contribution in [3.05, 3.63) is 69.3 Å². The Morgan fingerprint density at radius 2 is 1.79 bits per heavy atom. The molecule has 1 unspecified atom stereocenters. The maximum absolute atomic E-state index is 14.7. The van der Waals surface area contributed by atoms with Crippen molar-refractivity contribution in [1.29, 1.82) is 0 Å². The Morgan fingerprint density at radius 3 is 2.38 bits per heavy atom. The molecule has 3 N–H and O–H groups in total. The van der Waals surface area contributed by atoms with Crippen LogP contribution in [-0.4, -0.2) is 46.8 Å². The number of anilines is 1. The number of rotatable bonds is 4. The van der Waals surface area contributed by atoms with Crippen LogP contribution in [0, 0.1) is 5.82 Å². The molecular weight excluding hydrogens is 462 g/mol. The van der Waals surface area contributed by atoms with Crippen LogP contribution in [0.3, 0.4) is 0 Å². The van der Waals surface area contributed by atoms with E-state index in [1.807, 2.05) is 5.32 Å². The fourth-order valence-corrected chi connectivity index (χ4v) is 4.14. The summed E-state index contributed by atoms with van der Waals surface area (Å²) in [4.78, 5) is 38.3. The normalized spacial score (nSPS) is 15.4. The fraction of sp³-hybridized carbons (Fsp3) is 0.227. The van der Waals surface area contributed by atoms with E-state index in [0.717, 1.165) is 28.8 Å². The number of carbonyl (C=O) groups is 2. The average Bonchev–Trinajstić information content (AvgIpc) is 2.76. The van der Waals surface area contributed by atoms with Crippen LogP contribution in [0.4, 0.5) is 23.2 Å². The topological polar surface area (TPSA) is 112 Å². The van der Waals surface area contributed by atoms with Crippen molar-refractivity contribution in [2.24, 2.45) is 0 Å². The van der Waals surface area contributed by atoms with Crippen molar-refractivity contribution in [2.45, 2.75) is 12.2 Å². The monoisotopic (exact) mass is 479 g/mol. The summed E-state index contributed by atoms with van der Waals surface area (Å²) in [5.41, 5.74) is -2.50. The molecule has 1 atom stereocenters. The number of alkyl halides is 3. The average molecular weight is 479 g/mol. The van der Waals surface area contributed by atoms with Crippen LogP contribution in [0.25, 0.3) is 10.9 Å². The van der Waals surface area contributed by atoms with E-state index in [2.05, 4.69) is 0 Å². The third-order valence-electron chi connectivity index (χ3n) is 5.66. The Bertz CT molecular complexity index is 1380. The van der Waals surface area contributed by atoms with E-state index in [1.165, 1.54) is 24.1 Å². The minimum atomic E-state index is -4.57. The van der Waals surface area contributed by atoms with E-state index < -0.39 is 58.9 Å². The number of aromatic hydroxyl groups is 1. The summed E-state index contributed by atoms with van der Waals surface area (Å²) in [6, 6.07) is 5.32. The van der Waals surface area contributed by atoms with E-state index in [1.54, 1.807) is 0 Å². The van der Waals surface area contributed by atoms with Gasteiger partial charge in [-0.15, -0.1) is 0 Å². The zero-order chi connectivity index (χ0) is 24.9. The summed E-state index contributed by atoms with van der Waals surface area (Å²) >= 11 is 0. The van der Waals surface area contributed by atoms with E-state index >= 15 is 0 Å². The van der Waals surface area contributed by atoms with E-state index in [4.69, 9.17) is 5.11 Å². The molecule has 0 spiro atoms. The number of carbonyl (C=O) groups excluding carboxylic acids is 1. The third-order valence-corrected chi connectivity index (χ3v) is 5.66. The number of nitrogens with zero attached hydrogens (tertiary/aromatic N) is 2. The van der Waals surface area contributed by atoms with Crippen molar-refractivity contribution < 1.29 is 37.4 Å². The molecule has 34 heavy (non-hydrogen) atoms. The molecule has 1 amide bonds. The highest BCUT2D eigenvalue weighted by Crippen LogP contribution is 2.41. The van der Waals surface area contributed by atoms with Gasteiger partial charge in [-0.3, -0.25) is 19.0 Å². The van der Waals surface area contributed by atoms with E-state index in [9.17, 15) is 37.1 Å². The van der Waals surface area contributed by atoms with Gasteiger partial charge in [0.2, 0.25) is 0 Å². The van der Waals surface area contributed by atoms with Gasteiger partial charge < -0.3 is 20.4 Å². The smallest absolute Gasteiger partial charge is 0.416 e. The number of nitrogens with one attached hydrogen (secondary N) is 1. The first-order valence-corrected chi connectivity index (χ1v) is 9.89. The number of aliphatic carboxylic acids is 1. The van der Waals surface area contributed by atoms with Crippen LogP contribution in [0.2, 0.25) is 0 Å². The second-order valence-corrected chi connectivity index (χ2v) is 7.78. The van der Waals surface area contributed by atoms with Gasteiger partial charge in [0.1, 0.15) is 23.7 Å². The molecule has 0 radical (unpaired) electrons. The SMILES string of the molecule is CN1CC(c2ccc(C(F)(F)F)cc2)n2c(=O)c(C(=O)NCC(=O)O)c(O)c3ccc(F)c1c32. The van der Waals surface area contributed by atoms with Crippen molar-refractivity contribution >= 4 is 28.5 Å². The van der Waals surface area contributed by atoms with Gasteiger partial charge in [-0.2, -0.15) is 13.2 Å². The predicted octanol–water partition coefficient (Wildman–Crippen LogP) is 2.72. The third kappa shape index (κ3) is 3.70. The Kier molecular flexibility index (Phi) is 5.46. The van der Waals surface area contributed by atoms with Crippen LogP contribution in [0.5, 0.6) is 5.75 Å². The zero-order valence-corrected chi connectivity index (χ0v) is 17.5. The lowest BCUT2D eigenvalue weighted by molar-refractivity contribution is -0.138. The number of halogens is 4. The molecule has 0 saturated heterocycles. The quantitative estimate of drug-likeness (QED) is 0.497. The van der Waals surface area contributed by atoms with Crippen molar-refractivity contribution in [3.8, 4) is 5.75 Å². The summed E-state index contributed by atoms with van der Waals surface area (Å²) in [6.07, 6.45) is -4.57. The molecular formula is C22H17F4N3O5. The second kappa shape index (κ2) is 8.04. The maximum Gasteiger partial charge on any atom is 0.416 e. The van der Waals surface area contributed by atoms with Gasteiger partial charge in [0.05, 0.1) is 22.8 Å². The number of carboxylic acids is 1. The van der Waals surface area contributed by atoms with E-state index in [-0.39, 0.29) is 28.7 Å². The minimum Gasteiger partial charge on any atom is -0.506 e. The highest BCUT2D eigenvalue weighted by atomic mass is 19.4. The minimum absolute atomic E-state index is 0.0325. The van der Waals surface area contributed by atoms with Crippen molar-refractivity contribution in [2.75, 3.05) is 25.0 Å². The Hall–Kier alpha value is -4.09. The molecule has 8 nitrogen and oxygen atoms in total. The van der Waals surface area contributed by atoms with E-state index in [0.29, 0.717) is 0 Å². The summed E-state index contributed by atoms with van der Waals surface area (Å²) in [5, 5.41) is 21.5. The van der Waals surface area contributed by atoms with Gasteiger partial charge in [-0.05, 0) is 29.8 Å². The van der Waals surface area contributed by atoms with Gasteiger partial charge in [-0.1, -0.05) is 12.1 Å². The number of hydrogen-bond acceptors (Lipinski definition) is 5. The van der Waals surface area contributed by atoms with Gasteiger partial charge in [0.15, 0.2) is 0 Å². The van der Waals surface area contributed by atoms with Gasteiger partial charge in [0.25, 0.3) is 11.5 Å². The molecule has 178 valence electrons. The lowest BCUT2D eigenvalue weighted by Gasteiger charge is -2.36. The van der Waals surface area contributed by atoms with Gasteiger partial charge in [-0.25, -0.2) is 4.39 Å². The number of pyridine rings is 1. The van der Waals surface area contributed by atoms with Gasteiger partial charge in [0, 0.05) is 19.0 Å². The molecule has 0 fully saturated rings. The number of carboxylic acid groups (broad SMARTS) is 1. The summed E-state index contributed by atoms with van der Waals surface area (Å²) in [7, 11) is 1.52. The molecule has 3 aromatic rings. The Morgan fingerprint density at radius 1 is 1.15 bits per heavy atom. The highest BCUT2D eigenvalue weighted by molar-refractivity contribution is 6.06. The second-order valence-electron chi connectivity index (χ2n) is 7.78. The first-order chi connectivity index (χ1) is 15.9. The largest absolute Gasteiger partial charge is 0.506 e. The van der Waals surface area contributed by atoms with Crippen LogP contribution in [0.1, 0.15) is 27.5 Å². The number of likely N-dealkylation sites (N-methyl/N-ethyl adjacent to an activating group) is 1. The summed E-state index contributed by atoms with van der Waals surface area (Å²) < 4.78 is 54.8. The molecule has 4 rings (SSSR count). The number of benzene rings is 2. The Labute approximate surface area is 188 Å². The number of aromatic nitrogens is 1. The lowest BCUT2D eigenvalue weighted by Crippen LogP contribution is -2.42. The predicted molar refractivity (Wildman–Crippen MR) is 113 cm³/mol. The molecule has 0 aliphatic carbocycles. The summed E-state index contributed by atoms with van der Waals surface area (Å²) in [5.74, 6) is -4.02. The van der Waals surface area contributed by atoms with Gasteiger partial charge >= 0.3 is 12.1 Å². The molecule has 2 aromatic carbocycles. The van der Waals surface area contributed by atoms with Crippen LogP contribution in [-0.2, 0) is 11.0 Å². The standard InChI is InChI=1S/C22H17F4N3O5/c1-28-9-14(10-2-4-11(5-3-10)22(24,25)26)29-17-12(6-7-13(23)18(17)28)19(32)16(21(29)34)20(33)27-8-15(30)31/h2-7,14,32H,8-9H2,1H3,(H,27,33)(H,30,31). The zero-order valence-electron chi connectivity index (χ0n) is 17.5.